The van der Waals surface area contributed by atoms with Crippen LogP contribution in [-0.4, -0.2) is 64.5 Å². The van der Waals surface area contributed by atoms with Crippen LogP contribution in [-0.2, 0) is 4.79 Å². The SMILES string of the molecule is O=C(Nc1ccc2cnccc2c1)NC1CCC(N2CCN3C(=O)CCC3C2)C1. The number of carbonyl (C=O) groups is 2. The lowest BCUT2D eigenvalue weighted by atomic mass is 10.1. The molecule has 3 heterocycles. The van der Waals surface area contributed by atoms with Gasteiger partial charge in [0.2, 0.25) is 5.91 Å². The lowest BCUT2D eigenvalue weighted by molar-refractivity contribution is -0.131. The fraction of sp³-hybridized carbons (Fsp3) is 0.500. The smallest absolute Gasteiger partial charge is 0.319 e. The minimum Gasteiger partial charge on any atom is -0.337 e. The number of hydrogen-bond acceptors (Lipinski definition) is 4. The summed E-state index contributed by atoms with van der Waals surface area (Å²) in [6.07, 6.45) is 8.37. The van der Waals surface area contributed by atoms with Crippen LogP contribution in [0, 0.1) is 0 Å². The Morgan fingerprint density at radius 2 is 2.00 bits per heavy atom. The second kappa shape index (κ2) is 7.63. The van der Waals surface area contributed by atoms with Crippen molar-refractivity contribution >= 4 is 28.4 Å². The molecule has 2 N–H and O–H groups in total. The Hall–Kier alpha value is -2.67. The van der Waals surface area contributed by atoms with Crippen LogP contribution in [0.3, 0.4) is 0 Å². The molecular formula is C22H27N5O2. The fourth-order valence-electron chi connectivity index (χ4n) is 5.15. The minimum absolute atomic E-state index is 0.143. The van der Waals surface area contributed by atoms with Gasteiger partial charge in [-0.2, -0.15) is 0 Å². The van der Waals surface area contributed by atoms with E-state index in [0.717, 1.165) is 61.8 Å². The number of fused-ring (bicyclic) bond motifs is 2. The lowest BCUT2D eigenvalue weighted by Crippen LogP contribution is -2.54. The van der Waals surface area contributed by atoms with Crippen LogP contribution >= 0.6 is 0 Å². The highest BCUT2D eigenvalue weighted by Gasteiger charge is 2.39. The van der Waals surface area contributed by atoms with Crippen molar-refractivity contribution in [3.8, 4) is 0 Å². The van der Waals surface area contributed by atoms with Crippen LogP contribution in [0.1, 0.15) is 32.1 Å². The number of nitrogens with zero attached hydrogens (tertiary/aromatic N) is 3. The maximum absolute atomic E-state index is 12.5. The predicted octanol–water partition coefficient (Wildman–Crippen LogP) is 2.58. The van der Waals surface area contributed by atoms with Gasteiger partial charge in [0.1, 0.15) is 0 Å². The molecule has 2 aliphatic heterocycles. The number of hydrogen-bond donors (Lipinski definition) is 2. The Labute approximate surface area is 170 Å². The molecule has 3 atom stereocenters. The van der Waals surface area contributed by atoms with E-state index in [-0.39, 0.29) is 12.1 Å². The Bertz CT molecular complexity index is 932. The normalized spacial score (nSPS) is 27.2. The van der Waals surface area contributed by atoms with Crippen LogP contribution in [0.25, 0.3) is 10.8 Å². The summed E-state index contributed by atoms with van der Waals surface area (Å²) in [5.74, 6) is 0.322. The van der Waals surface area contributed by atoms with Crippen molar-refractivity contribution in [3.05, 3.63) is 36.7 Å². The molecule has 0 radical (unpaired) electrons. The van der Waals surface area contributed by atoms with E-state index in [1.54, 1.807) is 6.20 Å². The van der Waals surface area contributed by atoms with Gasteiger partial charge < -0.3 is 15.5 Å². The molecule has 29 heavy (non-hydrogen) atoms. The molecule has 7 nitrogen and oxygen atoms in total. The number of amides is 3. The molecule has 0 spiro atoms. The number of benzene rings is 1. The van der Waals surface area contributed by atoms with Gasteiger partial charge in [0.05, 0.1) is 0 Å². The van der Waals surface area contributed by atoms with Gasteiger partial charge in [-0.25, -0.2) is 4.79 Å². The summed E-state index contributed by atoms with van der Waals surface area (Å²) in [4.78, 5) is 33.1. The summed E-state index contributed by atoms with van der Waals surface area (Å²) in [6.45, 7) is 2.80. The first-order chi connectivity index (χ1) is 14.2. The number of urea groups is 1. The molecule has 0 bridgehead atoms. The third-order valence-corrected chi connectivity index (χ3v) is 6.68. The Kier molecular flexibility index (Phi) is 4.83. The van der Waals surface area contributed by atoms with Gasteiger partial charge in [0.25, 0.3) is 0 Å². The molecule has 3 aliphatic rings. The third kappa shape index (κ3) is 3.79. The molecule has 2 saturated heterocycles. The maximum atomic E-state index is 12.5. The van der Waals surface area contributed by atoms with Crippen LogP contribution in [0.2, 0.25) is 0 Å². The number of nitrogens with one attached hydrogen (secondary N) is 2. The van der Waals surface area contributed by atoms with Gasteiger partial charge in [-0.05, 0) is 49.3 Å². The number of pyridine rings is 1. The summed E-state index contributed by atoms with van der Waals surface area (Å²) < 4.78 is 0. The second-order valence-corrected chi connectivity index (χ2v) is 8.47. The number of aromatic nitrogens is 1. The number of rotatable bonds is 3. The van der Waals surface area contributed by atoms with E-state index >= 15 is 0 Å². The van der Waals surface area contributed by atoms with Crippen molar-refractivity contribution in [3.63, 3.8) is 0 Å². The molecule has 3 amide bonds. The molecule has 1 aromatic heterocycles. The third-order valence-electron chi connectivity index (χ3n) is 6.68. The molecule has 1 aliphatic carbocycles. The summed E-state index contributed by atoms with van der Waals surface area (Å²) in [5.41, 5.74) is 0.790. The van der Waals surface area contributed by atoms with Crippen LogP contribution in [0.4, 0.5) is 10.5 Å². The van der Waals surface area contributed by atoms with Crippen molar-refractivity contribution < 1.29 is 9.59 Å². The molecule has 5 rings (SSSR count). The highest BCUT2D eigenvalue weighted by molar-refractivity contribution is 5.93. The largest absolute Gasteiger partial charge is 0.337 e. The summed E-state index contributed by atoms with van der Waals surface area (Å²) in [7, 11) is 0. The fourth-order valence-corrected chi connectivity index (χ4v) is 5.15. The average Bonchev–Trinajstić information content (AvgIpc) is 3.34. The number of carbonyl (C=O) groups excluding carboxylic acids is 2. The van der Waals surface area contributed by atoms with Crippen LogP contribution in [0.5, 0.6) is 0 Å². The van der Waals surface area contributed by atoms with Crippen molar-refractivity contribution in [2.24, 2.45) is 0 Å². The standard InChI is InChI=1S/C22H27N5O2/c28-21-6-5-20-14-26(9-10-27(20)21)19-4-3-18(12-19)25-22(29)24-17-2-1-16-13-23-8-7-15(16)11-17/h1-2,7-8,11,13,18-20H,3-6,9-10,12,14H2,(H2,24,25,29). The van der Waals surface area contributed by atoms with Gasteiger partial charge in [-0.1, -0.05) is 6.07 Å². The number of piperazine rings is 1. The number of anilines is 1. The quantitative estimate of drug-likeness (QED) is 0.840. The van der Waals surface area contributed by atoms with Gasteiger partial charge in [-0.15, -0.1) is 0 Å². The van der Waals surface area contributed by atoms with Crippen molar-refractivity contribution in [2.75, 3.05) is 25.0 Å². The van der Waals surface area contributed by atoms with E-state index < -0.39 is 0 Å². The van der Waals surface area contributed by atoms with Gasteiger partial charge >= 0.3 is 6.03 Å². The van der Waals surface area contributed by atoms with Crippen LogP contribution in [0.15, 0.2) is 36.7 Å². The summed E-state index contributed by atoms with van der Waals surface area (Å²) >= 11 is 0. The molecule has 7 heteroatoms. The van der Waals surface area contributed by atoms with E-state index in [1.165, 1.54) is 0 Å². The Balaban J connectivity index is 1.14. The first kappa shape index (κ1) is 18.4. The maximum Gasteiger partial charge on any atom is 0.319 e. The van der Waals surface area contributed by atoms with Gasteiger partial charge in [0.15, 0.2) is 0 Å². The first-order valence-electron chi connectivity index (χ1n) is 10.6. The summed E-state index contributed by atoms with van der Waals surface area (Å²) in [5, 5.41) is 8.22. The Morgan fingerprint density at radius 1 is 1.07 bits per heavy atom. The molecule has 3 fully saturated rings. The Morgan fingerprint density at radius 3 is 2.93 bits per heavy atom. The average molecular weight is 393 g/mol. The highest BCUT2D eigenvalue weighted by Crippen LogP contribution is 2.30. The van der Waals surface area contributed by atoms with E-state index in [9.17, 15) is 9.59 Å². The van der Waals surface area contributed by atoms with E-state index in [4.69, 9.17) is 0 Å². The minimum atomic E-state index is -0.143. The lowest BCUT2D eigenvalue weighted by Gasteiger charge is -2.40. The van der Waals surface area contributed by atoms with Crippen molar-refractivity contribution in [2.45, 2.75) is 50.2 Å². The second-order valence-electron chi connectivity index (χ2n) is 8.47. The molecule has 2 aromatic rings. The van der Waals surface area contributed by atoms with Crippen molar-refractivity contribution in [1.29, 1.82) is 0 Å². The van der Waals surface area contributed by atoms with Crippen molar-refractivity contribution in [1.82, 2.24) is 20.1 Å². The zero-order chi connectivity index (χ0) is 19.8. The van der Waals surface area contributed by atoms with Crippen LogP contribution < -0.4 is 10.6 Å². The molecular weight excluding hydrogens is 366 g/mol. The molecule has 1 aromatic carbocycles. The van der Waals surface area contributed by atoms with E-state index in [2.05, 4.69) is 25.4 Å². The van der Waals surface area contributed by atoms with Gasteiger partial charge in [-0.3, -0.25) is 14.7 Å². The van der Waals surface area contributed by atoms with Gasteiger partial charge in [0, 0.05) is 67.6 Å². The van der Waals surface area contributed by atoms with E-state index in [1.807, 2.05) is 30.5 Å². The summed E-state index contributed by atoms with van der Waals surface area (Å²) in [6, 6.07) is 8.75. The van der Waals surface area contributed by atoms with E-state index in [0.29, 0.717) is 24.4 Å². The highest BCUT2D eigenvalue weighted by atomic mass is 16.2. The molecule has 3 unspecified atom stereocenters. The zero-order valence-electron chi connectivity index (χ0n) is 16.5. The monoisotopic (exact) mass is 393 g/mol. The topological polar surface area (TPSA) is 77.6 Å². The molecule has 152 valence electrons. The molecule has 1 saturated carbocycles. The zero-order valence-corrected chi connectivity index (χ0v) is 16.5. The predicted molar refractivity (Wildman–Crippen MR) is 112 cm³/mol. The first-order valence-corrected chi connectivity index (χ1v) is 10.6.